The van der Waals surface area contributed by atoms with Gasteiger partial charge in [-0.2, -0.15) is 0 Å². The van der Waals surface area contributed by atoms with Crippen LogP contribution in [0.4, 0.5) is 0 Å². The summed E-state index contributed by atoms with van der Waals surface area (Å²) in [7, 11) is 0. The van der Waals surface area contributed by atoms with Crippen molar-refractivity contribution in [2.24, 2.45) is 0 Å². The lowest BCUT2D eigenvalue weighted by Crippen LogP contribution is -2.28. The van der Waals surface area contributed by atoms with Gasteiger partial charge in [-0.25, -0.2) is 0 Å². The van der Waals surface area contributed by atoms with Crippen LogP contribution in [0.5, 0.6) is 5.75 Å². The molecule has 0 unspecified atom stereocenters. The van der Waals surface area contributed by atoms with Crippen molar-refractivity contribution < 1.29 is 9.53 Å². The van der Waals surface area contributed by atoms with Crippen LogP contribution in [0.2, 0.25) is 0 Å². The second-order valence-electron chi connectivity index (χ2n) is 7.81. The highest BCUT2D eigenvalue weighted by atomic mass is 16.5. The Bertz CT molecular complexity index is 1130. The van der Waals surface area contributed by atoms with E-state index < -0.39 is 0 Å². The molecule has 1 amide bonds. The molecule has 0 aliphatic carbocycles. The SMILES string of the molecule is O=C(/C=C/c1ccccc1OCc1ccccc1)N(Cc1ccccc1)Cc1ccccc1. The normalized spacial score (nSPS) is 10.8. The summed E-state index contributed by atoms with van der Waals surface area (Å²) >= 11 is 0. The predicted octanol–water partition coefficient (Wildman–Crippen LogP) is 6.51. The molecule has 0 saturated heterocycles. The molecular weight excluding hydrogens is 406 g/mol. The highest BCUT2D eigenvalue weighted by Crippen LogP contribution is 2.21. The van der Waals surface area contributed by atoms with E-state index in [-0.39, 0.29) is 5.91 Å². The van der Waals surface area contributed by atoms with Crippen LogP contribution in [0.1, 0.15) is 22.3 Å². The monoisotopic (exact) mass is 433 g/mol. The first kappa shape index (κ1) is 22.1. The Morgan fingerprint density at radius 2 is 1.12 bits per heavy atom. The van der Waals surface area contributed by atoms with Gasteiger partial charge >= 0.3 is 0 Å². The van der Waals surface area contributed by atoms with E-state index in [1.54, 1.807) is 6.08 Å². The number of carbonyl (C=O) groups is 1. The van der Waals surface area contributed by atoms with Crippen LogP contribution < -0.4 is 4.74 Å². The number of rotatable bonds is 9. The Balaban J connectivity index is 1.49. The summed E-state index contributed by atoms with van der Waals surface area (Å²) < 4.78 is 6.03. The van der Waals surface area contributed by atoms with Crippen molar-refractivity contribution >= 4 is 12.0 Å². The largest absolute Gasteiger partial charge is 0.488 e. The Kier molecular flexibility index (Phi) is 7.70. The topological polar surface area (TPSA) is 29.5 Å². The molecule has 3 nitrogen and oxygen atoms in total. The summed E-state index contributed by atoms with van der Waals surface area (Å²) in [5.41, 5.74) is 4.17. The molecule has 0 aliphatic rings. The predicted molar refractivity (Wildman–Crippen MR) is 133 cm³/mol. The third kappa shape index (κ3) is 6.68. The second-order valence-corrected chi connectivity index (χ2v) is 7.81. The van der Waals surface area contributed by atoms with Gasteiger partial charge in [-0.05, 0) is 28.8 Å². The fraction of sp³-hybridized carbons (Fsp3) is 0.100. The maximum atomic E-state index is 13.2. The van der Waals surface area contributed by atoms with Crippen LogP contribution in [0.3, 0.4) is 0 Å². The molecule has 0 fully saturated rings. The highest BCUT2D eigenvalue weighted by Gasteiger charge is 2.12. The molecule has 164 valence electrons. The maximum Gasteiger partial charge on any atom is 0.247 e. The minimum absolute atomic E-state index is 0.0411. The number of benzene rings is 4. The lowest BCUT2D eigenvalue weighted by molar-refractivity contribution is -0.127. The molecule has 0 heterocycles. The van der Waals surface area contributed by atoms with Crippen LogP contribution in [-0.4, -0.2) is 10.8 Å². The number of hydrogen-bond donors (Lipinski definition) is 0. The standard InChI is InChI=1S/C30H27NO2/c32-30(31(22-25-12-4-1-5-13-25)23-26-14-6-2-7-15-26)21-20-28-18-10-11-19-29(28)33-24-27-16-8-3-9-17-27/h1-21H,22-24H2/b21-20+. The molecule has 4 aromatic carbocycles. The minimum atomic E-state index is -0.0411. The molecule has 4 aromatic rings. The number of hydrogen-bond acceptors (Lipinski definition) is 2. The van der Waals surface area contributed by atoms with Crippen molar-refractivity contribution in [1.29, 1.82) is 0 Å². The zero-order valence-corrected chi connectivity index (χ0v) is 18.5. The highest BCUT2D eigenvalue weighted by molar-refractivity contribution is 5.92. The van der Waals surface area contributed by atoms with Crippen molar-refractivity contribution in [2.75, 3.05) is 0 Å². The van der Waals surface area contributed by atoms with Gasteiger partial charge in [0.1, 0.15) is 12.4 Å². The number of ether oxygens (including phenoxy) is 1. The lowest BCUT2D eigenvalue weighted by Gasteiger charge is -2.22. The van der Waals surface area contributed by atoms with Gasteiger partial charge in [-0.15, -0.1) is 0 Å². The summed E-state index contributed by atoms with van der Waals surface area (Å²) in [5, 5.41) is 0. The van der Waals surface area contributed by atoms with Gasteiger partial charge in [0.2, 0.25) is 5.91 Å². The van der Waals surface area contributed by atoms with Gasteiger partial charge in [-0.1, -0.05) is 109 Å². The van der Waals surface area contributed by atoms with E-state index in [9.17, 15) is 4.79 Å². The van der Waals surface area contributed by atoms with Gasteiger partial charge in [0.15, 0.2) is 0 Å². The molecule has 0 saturated carbocycles. The van der Waals surface area contributed by atoms with Crippen LogP contribution in [0.25, 0.3) is 6.08 Å². The Morgan fingerprint density at radius 3 is 1.70 bits per heavy atom. The molecule has 0 aliphatic heterocycles. The molecule has 0 aromatic heterocycles. The quantitative estimate of drug-likeness (QED) is 0.282. The van der Waals surface area contributed by atoms with E-state index >= 15 is 0 Å². The van der Waals surface area contributed by atoms with Crippen LogP contribution in [-0.2, 0) is 24.5 Å². The second kappa shape index (κ2) is 11.5. The zero-order valence-electron chi connectivity index (χ0n) is 18.5. The van der Waals surface area contributed by atoms with Crippen molar-refractivity contribution in [1.82, 2.24) is 4.90 Å². The molecule has 0 spiro atoms. The van der Waals surface area contributed by atoms with E-state index in [4.69, 9.17) is 4.74 Å². The fourth-order valence-corrected chi connectivity index (χ4v) is 3.57. The third-order valence-corrected chi connectivity index (χ3v) is 5.31. The summed E-state index contributed by atoms with van der Waals surface area (Å²) in [6.45, 7) is 1.57. The van der Waals surface area contributed by atoms with Gasteiger partial charge in [0.25, 0.3) is 0 Å². The van der Waals surface area contributed by atoms with Crippen molar-refractivity contribution in [3.05, 3.63) is 144 Å². The Morgan fingerprint density at radius 1 is 0.636 bits per heavy atom. The summed E-state index contributed by atoms with van der Waals surface area (Å²) in [6, 6.07) is 38.0. The fourth-order valence-electron chi connectivity index (χ4n) is 3.57. The molecular formula is C30H27NO2. The van der Waals surface area contributed by atoms with E-state index in [0.717, 1.165) is 28.0 Å². The van der Waals surface area contributed by atoms with Crippen molar-refractivity contribution in [2.45, 2.75) is 19.7 Å². The van der Waals surface area contributed by atoms with Crippen molar-refractivity contribution in [3.8, 4) is 5.75 Å². The first-order valence-electron chi connectivity index (χ1n) is 11.1. The Labute approximate surface area is 195 Å². The van der Waals surface area contributed by atoms with Crippen LogP contribution in [0.15, 0.2) is 121 Å². The third-order valence-electron chi connectivity index (χ3n) is 5.31. The molecule has 0 N–H and O–H groups in total. The number of para-hydroxylation sites is 1. The van der Waals surface area contributed by atoms with Crippen LogP contribution in [0, 0.1) is 0 Å². The summed E-state index contributed by atoms with van der Waals surface area (Å²) in [6.07, 6.45) is 3.47. The average Bonchev–Trinajstić information content (AvgIpc) is 2.88. The number of carbonyl (C=O) groups excluding carboxylic acids is 1. The van der Waals surface area contributed by atoms with Crippen LogP contribution >= 0.6 is 0 Å². The number of nitrogens with zero attached hydrogens (tertiary/aromatic N) is 1. The van der Waals surface area contributed by atoms with Gasteiger partial charge in [-0.3, -0.25) is 4.79 Å². The van der Waals surface area contributed by atoms with Crippen molar-refractivity contribution in [3.63, 3.8) is 0 Å². The molecule has 0 atom stereocenters. The zero-order chi connectivity index (χ0) is 22.7. The van der Waals surface area contributed by atoms with E-state index in [1.165, 1.54) is 0 Å². The first-order chi connectivity index (χ1) is 16.3. The number of amides is 1. The van der Waals surface area contributed by atoms with Gasteiger partial charge in [0, 0.05) is 24.7 Å². The smallest absolute Gasteiger partial charge is 0.247 e. The minimum Gasteiger partial charge on any atom is -0.488 e. The molecule has 33 heavy (non-hydrogen) atoms. The molecule has 4 rings (SSSR count). The lowest BCUT2D eigenvalue weighted by atomic mass is 10.1. The summed E-state index contributed by atoms with van der Waals surface area (Å²) in [4.78, 5) is 15.1. The van der Waals surface area contributed by atoms with E-state index in [2.05, 4.69) is 0 Å². The maximum absolute atomic E-state index is 13.2. The van der Waals surface area contributed by atoms with Gasteiger partial charge in [0.05, 0.1) is 0 Å². The summed E-state index contributed by atoms with van der Waals surface area (Å²) in [5.74, 6) is 0.712. The molecule has 0 bridgehead atoms. The Hall–Kier alpha value is -4.11. The molecule has 0 radical (unpaired) electrons. The van der Waals surface area contributed by atoms with E-state index in [0.29, 0.717) is 19.7 Å². The first-order valence-corrected chi connectivity index (χ1v) is 11.1. The average molecular weight is 434 g/mol. The molecule has 3 heteroatoms. The van der Waals surface area contributed by atoms with E-state index in [1.807, 2.05) is 126 Å². The van der Waals surface area contributed by atoms with Gasteiger partial charge < -0.3 is 9.64 Å².